The number of rotatable bonds is 7. The van der Waals surface area contributed by atoms with Crippen LogP contribution in [-0.2, 0) is 17.8 Å². The first-order valence-electron chi connectivity index (χ1n) is 9.33. The Bertz CT molecular complexity index is 1180. The van der Waals surface area contributed by atoms with Crippen LogP contribution in [0.2, 0.25) is 10.0 Å². The van der Waals surface area contributed by atoms with Crippen molar-refractivity contribution in [1.82, 2.24) is 14.5 Å². The number of imidazole rings is 1. The molecule has 0 spiro atoms. The van der Waals surface area contributed by atoms with Crippen LogP contribution in [0.4, 0.5) is 5.82 Å². The van der Waals surface area contributed by atoms with Crippen LogP contribution in [0.3, 0.4) is 0 Å². The summed E-state index contributed by atoms with van der Waals surface area (Å²) in [6.07, 6.45) is 2.32. The molecule has 8 heteroatoms. The molecular formula is C22H18Cl2N4OS. The first-order chi connectivity index (χ1) is 14.6. The normalized spacial score (nSPS) is 11.0. The van der Waals surface area contributed by atoms with Crippen LogP contribution in [0.5, 0.6) is 0 Å². The van der Waals surface area contributed by atoms with Crippen LogP contribution in [0, 0.1) is 0 Å². The van der Waals surface area contributed by atoms with Gasteiger partial charge >= 0.3 is 0 Å². The van der Waals surface area contributed by atoms with Crippen molar-refractivity contribution in [2.75, 3.05) is 11.1 Å². The zero-order valence-electron chi connectivity index (χ0n) is 15.9. The van der Waals surface area contributed by atoms with Crippen molar-refractivity contribution >= 4 is 57.7 Å². The quantitative estimate of drug-likeness (QED) is 0.361. The second-order valence-corrected chi connectivity index (χ2v) is 8.38. The standard InChI is InChI=1S/C22H18Cl2N4OS/c23-16-12-17(24)21(25-13-16)27-20(29)14-30-22-26-18-8-4-5-9-19(18)28(22)11-10-15-6-2-1-3-7-15/h1-9,12-13H,10-11,14H2,(H,25,27,29). The number of hydrogen-bond acceptors (Lipinski definition) is 4. The molecule has 0 aliphatic carbocycles. The minimum atomic E-state index is -0.210. The van der Waals surface area contributed by atoms with Crippen molar-refractivity contribution in [3.63, 3.8) is 0 Å². The largest absolute Gasteiger partial charge is 0.319 e. The van der Waals surface area contributed by atoms with E-state index < -0.39 is 0 Å². The highest BCUT2D eigenvalue weighted by Gasteiger charge is 2.14. The molecular weight excluding hydrogens is 439 g/mol. The number of nitrogens with one attached hydrogen (secondary N) is 1. The maximum atomic E-state index is 12.4. The summed E-state index contributed by atoms with van der Waals surface area (Å²) in [5.74, 6) is 0.276. The topological polar surface area (TPSA) is 59.8 Å². The first-order valence-corrected chi connectivity index (χ1v) is 11.1. The fraction of sp³-hybridized carbons (Fsp3) is 0.136. The van der Waals surface area contributed by atoms with Gasteiger partial charge in [-0.2, -0.15) is 0 Å². The van der Waals surface area contributed by atoms with Crippen molar-refractivity contribution in [2.45, 2.75) is 18.1 Å². The van der Waals surface area contributed by atoms with Gasteiger partial charge in [-0.05, 0) is 30.2 Å². The summed E-state index contributed by atoms with van der Waals surface area (Å²) in [5, 5.41) is 4.24. The second-order valence-electron chi connectivity index (χ2n) is 6.59. The highest BCUT2D eigenvalue weighted by Crippen LogP contribution is 2.26. The van der Waals surface area contributed by atoms with E-state index in [-0.39, 0.29) is 11.7 Å². The van der Waals surface area contributed by atoms with E-state index in [9.17, 15) is 4.79 Å². The Hall–Kier alpha value is -2.54. The number of fused-ring (bicyclic) bond motifs is 1. The van der Waals surface area contributed by atoms with Gasteiger partial charge in [-0.3, -0.25) is 4.79 Å². The molecule has 0 radical (unpaired) electrons. The lowest BCUT2D eigenvalue weighted by atomic mass is 10.1. The van der Waals surface area contributed by atoms with Crippen LogP contribution in [0.15, 0.2) is 72.0 Å². The zero-order chi connectivity index (χ0) is 20.9. The van der Waals surface area contributed by atoms with Gasteiger partial charge in [-0.1, -0.05) is 77.4 Å². The van der Waals surface area contributed by atoms with E-state index in [1.54, 1.807) is 6.07 Å². The number of anilines is 1. The lowest BCUT2D eigenvalue weighted by Crippen LogP contribution is -2.16. The Balaban J connectivity index is 1.48. The van der Waals surface area contributed by atoms with E-state index in [0.717, 1.165) is 29.2 Å². The Morgan fingerprint density at radius 1 is 1.07 bits per heavy atom. The molecule has 0 fully saturated rings. The van der Waals surface area contributed by atoms with Crippen LogP contribution in [0.25, 0.3) is 11.0 Å². The lowest BCUT2D eigenvalue weighted by molar-refractivity contribution is -0.113. The summed E-state index contributed by atoms with van der Waals surface area (Å²) in [5.41, 5.74) is 3.22. The van der Waals surface area contributed by atoms with Gasteiger partial charge in [0.05, 0.1) is 26.8 Å². The summed E-state index contributed by atoms with van der Waals surface area (Å²) in [7, 11) is 0. The van der Waals surface area contributed by atoms with E-state index in [0.29, 0.717) is 15.9 Å². The average molecular weight is 457 g/mol. The van der Waals surface area contributed by atoms with E-state index in [1.165, 1.54) is 23.5 Å². The van der Waals surface area contributed by atoms with Crippen molar-refractivity contribution < 1.29 is 4.79 Å². The van der Waals surface area contributed by atoms with E-state index >= 15 is 0 Å². The number of carbonyl (C=O) groups is 1. The molecule has 2 aromatic heterocycles. The monoisotopic (exact) mass is 456 g/mol. The fourth-order valence-electron chi connectivity index (χ4n) is 3.07. The van der Waals surface area contributed by atoms with Gasteiger partial charge in [0.2, 0.25) is 5.91 Å². The van der Waals surface area contributed by atoms with E-state index in [4.69, 9.17) is 28.2 Å². The Labute approximate surface area is 188 Å². The molecule has 4 aromatic rings. The number of halogens is 2. The molecule has 1 N–H and O–H groups in total. The molecule has 152 valence electrons. The number of hydrogen-bond donors (Lipinski definition) is 1. The molecule has 0 unspecified atom stereocenters. The molecule has 1 amide bonds. The molecule has 2 heterocycles. The number of aromatic nitrogens is 3. The zero-order valence-corrected chi connectivity index (χ0v) is 18.2. The highest BCUT2D eigenvalue weighted by atomic mass is 35.5. The van der Waals surface area contributed by atoms with Crippen LogP contribution in [-0.4, -0.2) is 26.2 Å². The molecule has 30 heavy (non-hydrogen) atoms. The summed E-state index contributed by atoms with van der Waals surface area (Å²) in [6, 6.07) is 19.9. The van der Waals surface area contributed by atoms with E-state index in [1.807, 2.05) is 36.4 Å². The van der Waals surface area contributed by atoms with E-state index in [2.05, 4.69) is 33.1 Å². The summed E-state index contributed by atoms with van der Waals surface area (Å²) >= 11 is 13.3. The number of pyridine rings is 1. The van der Waals surface area contributed by atoms with Crippen LogP contribution >= 0.6 is 35.0 Å². The maximum absolute atomic E-state index is 12.4. The van der Waals surface area contributed by atoms with Crippen molar-refractivity contribution in [3.8, 4) is 0 Å². The lowest BCUT2D eigenvalue weighted by Gasteiger charge is -2.10. The minimum absolute atomic E-state index is 0.190. The summed E-state index contributed by atoms with van der Waals surface area (Å²) < 4.78 is 2.16. The highest BCUT2D eigenvalue weighted by molar-refractivity contribution is 7.99. The summed E-state index contributed by atoms with van der Waals surface area (Å²) in [4.78, 5) is 21.2. The number of amides is 1. The molecule has 5 nitrogen and oxygen atoms in total. The number of benzene rings is 2. The Kier molecular flexibility index (Phi) is 6.57. The van der Waals surface area contributed by atoms with Crippen LogP contribution in [0.1, 0.15) is 5.56 Å². The molecule has 0 saturated carbocycles. The third-order valence-electron chi connectivity index (χ3n) is 4.48. The van der Waals surface area contributed by atoms with Gasteiger partial charge in [0.1, 0.15) is 0 Å². The molecule has 0 aliphatic heterocycles. The van der Waals surface area contributed by atoms with Gasteiger partial charge in [-0.25, -0.2) is 9.97 Å². The molecule has 0 saturated heterocycles. The van der Waals surface area contributed by atoms with Gasteiger partial charge < -0.3 is 9.88 Å². The SMILES string of the molecule is O=C(CSc1nc2ccccc2n1CCc1ccccc1)Nc1ncc(Cl)cc1Cl. The molecule has 0 atom stereocenters. The molecule has 0 bridgehead atoms. The van der Waals surface area contributed by atoms with Gasteiger partial charge in [0.15, 0.2) is 11.0 Å². The maximum Gasteiger partial charge on any atom is 0.236 e. The van der Waals surface area contributed by atoms with Gasteiger partial charge in [0, 0.05) is 12.7 Å². The smallest absolute Gasteiger partial charge is 0.236 e. The van der Waals surface area contributed by atoms with Crippen molar-refractivity contribution in [2.24, 2.45) is 0 Å². The fourth-order valence-corrected chi connectivity index (χ4v) is 4.34. The van der Waals surface area contributed by atoms with Gasteiger partial charge in [0.25, 0.3) is 0 Å². The molecule has 2 aromatic carbocycles. The molecule has 4 rings (SSSR count). The Morgan fingerprint density at radius 3 is 2.63 bits per heavy atom. The third kappa shape index (κ3) is 4.95. The number of aryl methyl sites for hydroxylation is 2. The minimum Gasteiger partial charge on any atom is -0.319 e. The number of carbonyl (C=O) groups excluding carboxylic acids is 1. The number of thioether (sulfide) groups is 1. The first kappa shape index (κ1) is 20.7. The van der Waals surface area contributed by atoms with Crippen molar-refractivity contribution in [3.05, 3.63) is 82.5 Å². The average Bonchev–Trinajstić information content (AvgIpc) is 3.11. The number of nitrogens with zero attached hydrogens (tertiary/aromatic N) is 3. The molecule has 0 aliphatic rings. The Morgan fingerprint density at radius 2 is 1.83 bits per heavy atom. The number of para-hydroxylation sites is 2. The van der Waals surface area contributed by atoms with Gasteiger partial charge in [-0.15, -0.1) is 0 Å². The van der Waals surface area contributed by atoms with Crippen LogP contribution < -0.4 is 5.32 Å². The third-order valence-corrected chi connectivity index (χ3v) is 5.96. The predicted molar refractivity (Wildman–Crippen MR) is 123 cm³/mol. The second kappa shape index (κ2) is 9.51. The summed E-state index contributed by atoms with van der Waals surface area (Å²) in [6.45, 7) is 0.777. The van der Waals surface area contributed by atoms with Crippen molar-refractivity contribution in [1.29, 1.82) is 0 Å². The predicted octanol–water partition coefficient (Wildman–Crippen LogP) is 5.71.